The van der Waals surface area contributed by atoms with Crippen molar-refractivity contribution in [3.63, 3.8) is 0 Å². The highest BCUT2D eigenvalue weighted by Crippen LogP contribution is 2.38. The number of H-pyrrole nitrogens is 1. The maximum atomic E-state index is 13.3. The van der Waals surface area contributed by atoms with E-state index in [2.05, 4.69) is 18.8 Å². The summed E-state index contributed by atoms with van der Waals surface area (Å²) in [5.41, 5.74) is 3.27. The minimum atomic E-state index is -2.63. The molecule has 1 N–H and O–H groups in total. The number of aromatic amines is 1. The van der Waals surface area contributed by atoms with E-state index in [1.165, 1.54) is 5.56 Å². The monoisotopic (exact) mass is 439 g/mol. The molecular weight excluding hydrogens is 412 g/mol. The van der Waals surface area contributed by atoms with Crippen LogP contribution in [0.3, 0.4) is 0 Å². The van der Waals surface area contributed by atoms with E-state index in [1.807, 2.05) is 18.2 Å². The lowest BCUT2D eigenvalue weighted by molar-refractivity contribution is 0.00969. The van der Waals surface area contributed by atoms with Crippen molar-refractivity contribution >= 4 is 28.6 Å². The number of alkyl halides is 2. The zero-order valence-corrected chi connectivity index (χ0v) is 18.1. The van der Waals surface area contributed by atoms with Gasteiger partial charge in [0.1, 0.15) is 6.61 Å². The predicted molar refractivity (Wildman–Crippen MR) is 113 cm³/mol. The topological polar surface area (TPSA) is 48.6 Å². The molecule has 1 atom stereocenters. The molecule has 0 aliphatic carbocycles. The molecule has 5 nitrogen and oxygen atoms in total. The van der Waals surface area contributed by atoms with Gasteiger partial charge in [0, 0.05) is 47.7 Å². The molecule has 3 heterocycles. The number of benzene rings is 1. The lowest BCUT2D eigenvalue weighted by Crippen LogP contribution is -2.41. The number of hydrogen-bond acceptors (Lipinski definition) is 3. The predicted octanol–water partition coefficient (Wildman–Crippen LogP) is 5.24. The van der Waals surface area contributed by atoms with E-state index in [-0.39, 0.29) is 31.7 Å². The third-order valence-electron chi connectivity index (χ3n) is 6.02. The smallest absolute Gasteiger partial charge is 0.410 e. The average Bonchev–Trinajstić information content (AvgIpc) is 3.21. The zero-order chi connectivity index (χ0) is 21.5. The normalized spacial score (nSPS) is 21.4. The number of likely N-dealkylation sites (tertiary alicyclic amines) is 1. The Morgan fingerprint density at radius 2 is 2.17 bits per heavy atom. The highest BCUT2D eigenvalue weighted by molar-refractivity contribution is 6.31. The Labute approximate surface area is 180 Å². The van der Waals surface area contributed by atoms with Gasteiger partial charge in [-0.3, -0.25) is 9.80 Å². The number of aromatic nitrogens is 1. The Balaban J connectivity index is 1.47. The quantitative estimate of drug-likeness (QED) is 0.692. The number of carbonyl (C=O) groups excluding carboxylic acids is 1. The fourth-order valence-corrected chi connectivity index (χ4v) is 4.76. The molecule has 1 fully saturated rings. The second-order valence-electron chi connectivity index (χ2n) is 8.79. The summed E-state index contributed by atoms with van der Waals surface area (Å²) in [4.78, 5) is 19.8. The molecule has 0 radical (unpaired) electrons. The largest absolute Gasteiger partial charge is 0.448 e. The van der Waals surface area contributed by atoms with E-state index in [1.54, 1.807) is 9.80 Å². The van der Waals surface area contributed by atoms with Crippen molar-refractivity contribution in [3.05, 3.63) is 34.5 Å². The number of halogens is 3. The zero-order valence-electron chi connectivity index (χ0n) is 17.4. The SMILES string of the molecule is CC(C)CC1c2[nH]c3ccc(Cl)cc3c2CCN1C(=O)OCCN1CCC(F)(F)C1. The maximum absolute atomic E-state index is 13.3. The van der Waals surface area contributed by atoms with Gasteiger partial charge in [0.15, 0.2) is 0 Å². The van der Waals surface area contributed by atoms with Gasteiger partial charge in [0.05, 0.1) is 12.6 Å². The highest BCUT2D eigenvalue weighted by Gasteiger charge is 2.38. The van der Waals surface area contributed by atoms with E-state index in [4.69, 9.17) is 16.3 Å². The molecule has 1 saturated heterocycles. The van der Waals surface area contributed by atoms with Crippen LogP contribution in [0, 0.1) is 5.92 Å². The van der Waals surface area contributed by atoms with Gasteiger partial charge in [0.25, 0.3) is 5.92 Å². The van der Waals surface area contributed by atoms with Crippen molar-refractivity contribution < 1.29 is 18.3 Å². The minimum Gasteiger partial charge on any atom is -0.448 e. The van der Waals surface area contributed by atoms with Crippen molar-refractivity contribution in [2.75, 3.05) is 32.8 Å². The highest BCUT2D eigenvalue weighted by atomic mass is 35.5. The molecule has 164 valence electrons. The second kappa shape index (κ2) is 8.35. The average molecular weight is 440 g/mol. The van der Waals surface area contributed by atoms with E-state index in [0.29, 0.717) is 30.6 Å². The Bertz CT molecular complexity index is 930. The molecule has 2 aliphatic heterocycles. The molecule has 1 amide bonds. The lowest BCUT2D eigenvalue weighted by Gasteiger charge is -2.36. The Hall–Kier alpha value is -1.86. The number of nitrogens with zero attached hydrogens (tertiary/aromatic N) is 2. The molecule has 2 aromatic rings. The van der Waals surface area contributed by atoms with Crippen LogP contribution in [-0.4, -0.2) is 59.6 Å². The van der Waals surface area contributed by atoms with Gasteiger partial charge in [-0.05, 0) is 42.5 Å². The van der Waals surface area contributed by atoms with Crippen LogP contribution in [0.5, 0.6) is 0 Å². The first-order valence-electron chi connectivity index (χ1n) is 10.6. The second-order valence-corrected chi connectivity index (χ2v) is 9.23. The molecule has 1 aromatic carbocycles. The maximum Gasteiger partial charge on any atom is 0.410 e. The molecule has 30 heavy (non-hydrogen) atoms. The third-order valence-corrected chi connectivity index (χ3v) is 6.26. The number of carbonyl (C=O) groups is 1. The van der Waals surface area contributed by atoms with Crippen LogP contribution in [0.1, 0.15) is 44.0 Å². The van der Waals surface area contributed by atoms with Crippen LogP contribution in [0.2, 0.25) is 5.02 Å². The van der Waals surface area contributed by atoms with Crippen LogP contribution in [0.4, 0.5) is 13.6 Å². The van der Waals surface area contributed by atoms with Gasteiger partial charge in [-0.25, -0.2) is 13.6 Å². The van der Waals surface area contributed by atoms with Crippen LogP contribution in [0.15, 0.2) is 18.2 Å². The molecule has 1 aromatic heterocycles. The van der Waals surface area contributed by atoms with Crippen LogP contribution in [0.25, 0.3) is 10.9 Å². The van der Waals surface area contributed by atoms with Gasteiger partial charge < -0.3 is 9.72 Å². The van der Waals surface area contributed by atoms with E-state index >= 15 is 0 Å². The number of fused-ring (bicyclic) bond motifs is 3. The van der Waals surface area contributed by atoms with Crippen molar-refractivity contribution in [2.45, 2.75) is 45.1 Å². The molecule has 2 aliphatic rings. The van der Waals surface area contributed by atoms with Crippen LogP contribution >= 0.6 is 11.6 Å². The first-order chi connectivity index (χ1) is 14.2. The third kappa shape index (κ3) is 4.42. The van der Waals surface area contributed by atoms with Crippen molar-refractivity contribution in [3.8, 4) is 0 Å². The molecule has 0 bridgehead atoms. The Kier molecular flexibility index (Phi) is 5.95. The summed E-state index contributed by atoms with van der Waals surface area (Å²) in [6.45, 7) is 5.35. The molecule has 4 rings (SSSR count). The Morgan fingerprint density at radius 3 is 2.87 bits per heavy atom. The summed E-state index contributed by atoms with van der Waals surface area (Å²) in [6, 6.07) is 5.69. The first-order valence-corrected chi connectivity index (χ1v) is 10.9. The van der Waals surface area contributed by atoms with Crippen LogP contribution < -0.4 is 0 Å². The van der Waals surface area contributed by atoms with Crippen molar-refractivity contribution in [1.29, 1.82) is 0 Å². The van der Waals surface area contributed by atoms with Crippen molar-refractivity contribution in [1.82, 2.24) is 14.8 Å². The Morgan fingerprint density at radius 1 is 1.37 bits per heavy atom. The standard InChI is InChI=1S/C22H28ClF2N3O2/c1-14(2)11-19-20-16(17-12-15(23)3-4-18(17)26-20)5-7-28(19)21(29)30-10-9-27-8-6-22(24,25)13-27/h3-4,12,14,19,26H,5-11,13H2,1-2H3. The molecular formula is C22H28ClF2N3O2. The summed E-state index contributed by atoms with van der Waals surface area (Å²) in [6.07, 6.45) is 1.02. The van der Waals surface area contributed by atoms with Crippen molar-refractivity contribution in [2.24, 2.45) is 5.92 Å². The van der Waals surface area contributed by atoms with Gasteiger partial charge in [-0.1, -0.05) is 25.4 Å². The summed E-state index contributed by atoms with van der Waals surface area (Å²) >= 11 is 6.20. The number of hydrogen-bond donors (Lipinski definition) is 1. The summed E-state index contributed by atoms with van der Waals surface area (Å²) < 4.78 is 32.2. The fourth-order valence-electron chi connectivity index (χ4n) is 4.59. The van der Waals surface area contributed by atoms with Gasteiger partial charge >= 0.3 is 6.09 Å². The van der Waals surface area contributed by atoms with E-state index < -0.39 is 5.92 Å². The molecule has 8 heteroatoms. The van der Waals surface area contributed by atoms with Gasteiger partial charge in [-0.2, -0.15) is 0 Å². The summed E-state index contributed by atoms with van der Waals surface area (Å²) in [5, 5.41) is 1.80. The fraction of sp³-hybridized carbons (Fsp3) is 0.591. The van der Waals surface area contributed by atoms with E-state index in [9.17, 15) is 13.6 Å². The number of nitrogens with one attached hydrogen (secondary N) is 1. The molecule has 0 saturated carbocycles. The minimum absolute atomic E-state index is 0.108. The summed E-state index contributed by atoms with van der Waals surface area (Å²) in [7, 11) is 0. The first kappa shape index (κ1) is 21.4. The van der Waals surface area contributed by atoms with Gasteiger partial charge in [-0.15, -0.1) is 0 Å². The molecule has 0 spiro atoms. The van der Waals surface area contributed by atoms with Gasteiger partial charge in [0.2, 0.25) is 0 Å². The van der Waals surface area contributed by atoms with Crippen LogP contribution in [-0.2, 0) is 11.2 Å². The number of ether oxygens (including phenoxy) is 1. The van der Waals surface area contributed by atoms with E-state index in [0.717, 1.165) is 29.4 Å². The number of rotatable bonds is 5. The summed E-state index contributed by atoms with van der Waals surface area (Å²) in [5.74, 6) is -2.24. The number of amides is 1. The molecule has 1 unspecified atom stereocenters. The lowest BCUT2D eigenvalue weighted by atomic mass is 9.92.